The smallest absolute Gasteiger partial charge is 0.0547 e. The summed E-state index contributed by atoms with van der Waals surface area (Å²) >= 11 is 0. The largest absolute Gasteiger partial charge is 0.313 e. The number of para-hydroxylation sites is 3. The summed E-state index contributed by atoms with van der Waals surface area (Å²) in [5.74, 6) is 0.352. The lowest BCUT2D eigenvalue weighted by Gasteiger charge is -2.24. The van der Waals surface area contributed by atoms with E-state index in [9.17, 15) is 0 Å². The topological polar surface area (TPSA) is 9.86 Å². The summed E-state index contributed by atoms with van der Waals surface area (Å²) in [6.45, 7) is 2.39. The molecule has 0 amide bonds. The average molecular weight is 653 g/mol. The zero-order valence-corrected chi connectivity index (χ0v) is 28.5. The van der Waals surface area contributed by atoms with Gasteiger partial charge < -0.3 is 9.13 Å². The van der Waals surface area contributed by atoms with Crippen molar-refractivity contribution in [3.63, 3.8) is 0 Å². The van der Waals surface area contributed by atoms with E-state index in [0.717, 1.165) is 12.1 Å². The van der Waals surface area contributed by atoms with Crippen LogP contribution in [0, 0.1) is 5.92 Å². The van der Waals surface area contributed by atoms with E-state index in [4.69, 9.17) is 0 Å². The molecular weight excluding hydrogens is 617 g/mol. The van der Waals surface area contributed by atoms with E-state index in [0.29, 0.717) is 5.92 Å². The molecule has 0 spiro atoms. The molecule has 242 valence electrons. The minimum atomic E-state index is 0.352. The second-order valence-electron chi connectivity index (χ2n) is 13.8. The summed E-state index contributed by atoms with van der Waals surface area (Å²) in [5, 5.41) is 3.84. The summed E-state index contributed by atoms with van der Waals surface area (Å²) in [4.78, 5) is 0. The monoisotopic (exact) mass is 652 g/mol. The third kappa shape index (κ3) is 4.87. The molecule has 10 rings (SSSR count). The Kier molecular flexibility index (Phi) is 6.89. The maximum atomic E-state index is 2.48. The Morgan fingerprint density at radius 2 is 0.961 bits per heavy atom. The van der Waals surface area contributed by atoms with Gasteiger partial charge in [0.15, 0.2) is 0 Å². The van der Waals surface area contributed by atoms with Crippen molar-refractivity contribution in [1.29, 1.82) is 0 Å². The van der Waals surface area contributed by atoms with Crippen molar-refractivity contribution in [1.82, 2.24) is 9.13 Å². The van der Waals surface area contributed by atoms with Gasteiger partial charge in [0.25, 0.3) is 0 Å². The quantitative estimate of drug-likeness (QED) is 0.175. The summed E-state index contributed by atoms with van der Waals surface area (Å²) in [6, 6.07) is 64.2. The van der Waals surface area contributed by atoms with Crippen LogP contribution in [0.3, 0.4) is 0 Å². The summed E-state index contributed by atoms with van der Waals surface area (Å²) in [5.41, 5.74) is 16.3. The van der Waals surface area contributed by atoms with E-state index in [1.54, 1.807) is 0 Å². The van der Waals surface area contributed by atoms with Crippen molar-refractivity contribution in [2.24, 2.45) is 5.92 Å². The zero-order valence-electron chi connectivity index (χ0n) is 28.5. The van der Waals surface area contributed by atoms with Crippen molar-refractivity contribution in [2.45, 2.75) is 13.3 Å². The second kappa shape index (κ2) is 11.9. The maximum Gasteiger partial charge on any atom is 0.0547 e. The molecule has 0 aliphatic heterocycles. The highest BCUT2D eigenvalue weighted by Crippen LogP contribution is 2.43. The fraction of sp³-hybridized carbons (Fsp3) is 0.0612. The van der Waals surface area contributed by atoms with Gasteiger partial charge >= 0.3 is 0 Å². The van der Waals surface area contributed by atoms with Gasteiger partial charge in [0, 0.05) is 38.8 Å². The van der Waals surface area contributed by atoms with Crippen LogP contribution in [0.15, 0.2) is 176 Å². The normalized spacial score (nSPS) is 14.2. The fourth-order valence-corrected chi connectivity index (χ4v) is 8.38. The van der Waals surface area contributed by atoms with Crippen LogP contribution in [-0.2, 0) is 6.42 Å². The number of nitrogens with zero attached hydrogens (tertiary/aromatic N) is 2. The third-order valence-electron chi connectivity index (χ3n) is 10.8. The Labute approximate surface area is 298 Å². The van der Waals surface area contributed by atoms with E-state index >= 15 is 0 Å². The van der Waals surface area contributed by atoms with Gasteiger partial charge in [-0.05, 0) is 100 Å². The number of fused-ring (bicyclic) bond motifs is 6. The molecule has 9 aromatic rings. The molecule has 0 saturated carbocycles. The maximum absolute atomic E-state index is 2.48. The first kappa shape index (κ1) is 29.5. The first-order valence-electron chi connectivity index (χ1n) is 17.9. The molecule has 1 aliphatic rings. The molecule has 0 fully saturated rings. The van der Waals surface area contributed by atoms with Crippen LogP contribution < -0.4 is 0 Å². The molecule has 2 heterocycles. The molecule has 0 N–H and O–H groups in total. The van der Waals surface area contributed by atoms with Crippen LogP contribution in [0.2, 0.25) is 0 Å². The minimum absolute atomic E-state index is 0.352. The summed E-state index contributed by atoms with van der Waals surface area (Å²) in [7, 11) is 0. The summed E-state index contributed by atoms with van der Waals surface area (Å²) < 4.78 is 4.95. The first-order chi connectivity index (χ1) is 25.2. The van der Waals surface area contributed by atoms with E-state index in [2.05, 4.69) is 198 Å². The lowest BCUT2D eigenvalue weighted by atomic mass is 9.83. The Morgan fingerprint density at radius 1 is 0.412 bits per heavy atom. The minimum Gasteiger partial charge on any atom is -0.313 e. The van der Waals surface area contributed by atoms with Gasteiger partial charge in [-0.25, -0.2) is 0 Å². The highest BCUT2D eigenvalue weighted by molar-refractivity contribution is 6.10. The van der Waals surface area contributed by atoms with Gasteiger partial charge in [0.1, 0.15) is 0 Å². The predicted molar refractivity (Wildman–Crippen MR) is 216 cm³/mol. The van der Waals surface area contributed by atoms with Crippen molar-refractivity contribution < 1.29 is 0 Å². The lowest BCUT2D eigenvalue weighted by Crippen LogP contribution is -2.12. The molecule has 2 heteroatoms. The van der Waals surface area contributed by atoms with E-state index in [-0.39, 0.29) is 0 Å². The van der Waals surface area contributed by atoms with Gasteiger partial charge in [0.05, 0.1) is 16.6 Å². The second-order valence-corrected chi connectivity index (χ2v) is 13.8. The Hall–Kier alpha value is -6.38. The highest BCUT2D eigenvalue weighted by Gasteiger charge is 2.26. The molecule has 2 nitrogen and oxygen atoms in total. The van der Waals surface area contributed by atoms with E-state index < -0.39 is 0 Å². The van der Waals surface area contributed by atoms with Crippen LogP contribution in [0.25, 0.3) is 78.0 Å². The third-order valence-corrected chi connectivity index (χ3v) is 10.8. The van der Waals surface area contributed by atoms with Crippen molar-refractivity contribution in [3.8, 4) is 33.6 Å². The summed E-state index contributed by atoms with van der Waals surface area (Å²) in [6.07, 6.45) is 3.45. The molecular formula is C49H36N2. The number of hydrogen-bond acceptors (Lipinski definition) is 0. The number of hydrogen-bond donors (Lipinski definition) is 0. The lowest BCUT2D eigenvalue weighted by molar-refractivity contribution is 0.708. The van der Waals surface area contributed by atoms with Gasteiger partial charge in [-0.15, -0.1) is 0 Å². The van der Waals surface area contributed by atoms with Crippen molar-refractivity contribution in [2.75, 3.05) is 0 Å². The fourth-order valence-electron chi connectivity index (χ4n) is 8.38. The molecule has 1 aliphatic carbocycles. The van der Waals surface area contributed by atoms with Gasteiger partial charge in [-0.2, -0.15) is 0 Å². The molecule has 0 radical (unpaired) electrons. The van der Waals surface area contributed by atoms with Gasteiger partial charge in [-0.3, -0.25) is 0 Å². The standard InChI is InChI=1S/C49H36N2/c1-33-27-48-45(42-22-12-14-24-47(42)50(48)39-19-9-4-10-20-39)32-44(33)36-25-26-43-41-21-11-13-23-46(41)51(49(43)31-36)40-29-37(34-15-5-2-6-16-34)28-38(30-40)35-17-7-3-8-18-35/h2-26,28-33H,27H2,1H3. The highest BCUT2D eigenvalue weighted by atomic mass is 15.0. The molecule has 2 aromatic heterocycles. The number of aromatic nitrogens is 2. The molecule has 7 aromatic carbocycles. The van der Waals surface area contributed by atoms with Gasteiger partial charge in [0.2, 0.25) is 0 Å². The Balaban J connectivity index is 1.20. The van der Waals surface area contributed by atoms with Crippen LogP contribution >= 0.6 is 0 Å². The van der Waals surface area contributed by atoms with Crippen LogP contribution in [0.5, 0.6) is 0 Å². The van der Waals surface area contributed by atoms with E-state index in [1.807, 2.05) is 0 Å². The van der Waals surface area contributed by atoms with Crippen LogP contribution in [0.1, 0.15) is 23.7 Å². The molecule has 0 bridgehead atoms. The first-order valence-corrected chi connectivity index (χ1v) is 17.9. The molecule has 1 atom stereocenters. The predicted octanol–water partition coefficient (Wildman–Crippen LogP) is 12.8. The number of benzene rings is 7. The molecule has 0 saturated heterocycles. The Bertz CT molecular complexity index is 2710. The average Bonchev–Trinajstić information content (AvgIpc) is 3.70. The van der Waals surface area contributed by atoms with E-state index in [1.165, 1.54) is 83.0 Å². The molecule has 51 heavy (non-hydrogen) atoms. The van der Waals surface area contributed by atoms with Crippen LogP contribution in [0.4, 0.5) is 0 Å². The Morgan fingerprint density at radius 3 is 1.63 bits per heavy atom. The van der Waals surface area contributed by atoms with Crippen molar-refractivity contribution >= 4 is 44.4 Å². The zero-order chi connectivity index (χ0) is 33.9. The van der Waals surface area contributed by atoms with Crippen LogP contribution in [-0.4, -0.2) is 9.13 Å². The van der Waals surface area contributed by atoms with Gasteiger partial charge in [-0.1, -0.05) is 134 Å². The van der Waals surface area contributed by atoms with Crippen molar-refractivity contribution in [3.05, 3.63) is 193 Å². The number of rotatable bonds is 5. The SMILES string of the molecule is CC1Cc2c(c3ccccc3n2-c2ccccc2)C=C1c1ccc2c3ccccc3n(-c3cc(-c4ccccc4)cc(-c4ccccc4)c3)c2c1. The molecule has 1 unspecified atom stereocenters. The number of allylic oxidation sites excluding steroid dienone is 1.